The molecule has 8 nitrogen and oxygen atoms in total. The van der Waals surface area contributed by atoms with Crippen molar-refractivity contribution in [2.45, 2.75) is 0 Å². The average Bonchev–Trinajstić information content (AvgIpc) is 2.57. The molecule has 0 radical (unpaired) electrons. The third kappa shape index (κ3) is 7.25. The zero-order valence-corrected chi connectivity index (χ0v) is 13.5. The second-order valence-corrected chi connectivity index (χ2v) is 3.89. The van der Waals surface area contributed by atoms with Crippen molar-refractivity contribution < 1.29 is 29.6 Å². The van der Waals surface area contributed by atoms with Gasteiger partial charge in [-0.1, -0.05) is 24.3 Å². The van der Waals surface area contributed by atoms with Gasteiger partial charge in [0.25, 0.3) is 5.91 Å². The summed E-state index contributed by atoms with van der Waals surface area (Å²) in [4.78, 5) is 21.3. The van der Waals surface area contributed by atoms with Crippen molar-refractivity contribution in [3.63, 3.8) is 0 Å². The van der Waals surface area contributed by atoms with Crippen LogP contribution in [0, 0.1) is 0 Å². The Bertz CT molecular complexity index is 646. The lowest BCUT2D eigenvalue weighted by Crippen LogP contribution is -2.10. The zero-order valence-electron chi connectivity index (χ0n) is 13.5. The standard InChI is InChI=1S/C8H8O3.C7H7NO2.CH4O.H3N/c1-11-8(10)6-4-2-3-5-7(6)9;8-7(10)5-3-1-2-4-6(5)9;1-2;/h2-5,9H,1H3;1-4,9H,(H2,8,10);2H,1H3;1H3. The van der Waals surface area contributed by atoms with Gasteiger partial charge in [0.1, 0.15) is 17.1 Å². The molecular formula is C16H22N2O6. The van der Waals surface area contributed by atoms with Gasteiger partial charge in [0.15, 0.2) is 0 Å². The highest BCUT2D eigenvalue weighted by Crippen LogP contribution is 2.15. The number of hydrogen-bond acceptors (Lipinski definition) is 7. The van der Waals surface area contributed by atoms with Crippen molar-refractivity contribution >= 4 is 11.9 Å². The topological polar surface area (TPSA) is 165 Å². The monoisotopic (exact) mass is 338 g/mol. The van der Waals surface area contributed by atoms with Crippen LogP contribution in [0.5, 0.6) is 11.5 Å². The summed E-state index contributed by atoms with van der Waals surface area (Å²) in [6, 6.07) is 12.4. The molecule has 0 aliphatic carbocycles. The number of benzene rings is 2. The number of methoxy groups -OCH3 is 1. The van der Waals surface area contributed by atoms with Gasteiger partial charge in [0.05, 0.1) is 12.7 Å². The molecule has 0 heterocycles. The number of phenols is 2. The predicted molar refractivity (Wildman–Crippen MR) is 89.2 cm³/mol. The largest absolute Gasteiger partial charge is 0.507 e. The minimum Gasteiger partial charge on any atom is -0.507 e. The highest BCUT2D eigenvalue weighted by atomic mass is 16.5. The van der Waals surface area contributed by atoms with Gasteiger partial charge in [0.2, 0.25) is 0 Å². The first kappa shape index (κ1) is 23.2. The van der Waals surface area contributed by atoms with Gasteiger partial charge in [-0.3, -0.25) is 4.79 Å². The van der Waals surface area contributed by atoms with Crippen LogP contribution in [0.25, 0.3) is 0 Å². The molecule has 2 aromatic carbocycles. The van der Waals surface area contributed by atoms with E-state index in [0.717, 1.165) is 7.11 Å². The van der Waals surface area contributed by atoms with Crippen molar-refractivity contribution in [3.05, 3.63) is 59.7 Å². The Hall–Kier alpha value is -3.10. The van der Waals surface area contributed by atoms with Crippen LogP contribution in [0.15, 0.2) is 48.5 Å². The summed E-state index contributed by atoms with van der Waals surface area (Å²) in [6.45, 7) is 0. The van der Waals surface area contributed by atoms with Crippen molar-refractivity contribution in [1.82, 2.24) is 6.15 Å². The number of carbonyl (C=O) groups excluding carboxylic acids is 2. The number of para-hydroxylation sites is 2. The Balaban J connectivity index is 0. The van der Waals surface area contributed by atoms with Gasteiger partial charge in [0, 0.05) is 7.11 Å². The minimum absolute atomic E-state index is 0. The second-order valence-electron chi connectivity index (χ2n) is 3.89. The lowest BCUT2D eigenvalue weighted by Gasteiger charge is -1.99. The Morgan fingerprint density at radius 2 is 1.25 bits per heavy atom. The molecule has 8 heteroatoms. The number of esters is 1. The van der Waals surface area contributed by atoms with E-state index >= 15 is 0 Å². The van der Waals surface area contributed by atoms with E-state index in [2.05, 4.69) is 4.74 Å². The maximum absolute atomic E-state index is 10.9. The van der Waals surface area contributed by atoms with E-state index in [-0.39, 0.29) is 28.8 Å². The molecular weight excluding hydrogens is 316 g/mol. The van der Waals surface area contributed by atoms with Gasteiger partial charge in [-0.2, -0.15) is 0 Å². The molecule has 0 atom stereocenters. The van der Waals surface area contributed by atoms with Gasteiger partial charge in [-0.15, -0.1) is 0 Å². The van der Waals surface area contributed by atoms with Crippen LogP contribution in [0.3, 0.4) is 0 Å². The van der Waals surface area contributed by atoms with E-state index in [1.807, 2.05) is 0 Å². The number of primary amides is 1. The molecule has 24 heavy (non-hydrogen) atoms. The fourth-order valence-electron chi connectivity index (χ4n) is 1.44. The number of rotatable bonds is 2. The smallest absolute Gasteiger partial charge is 0.341 e. The summed E-state index contributed by atoms with van der Waals surface area (Å²) in [5, 5.41) is 25.1. The maximum atomic E-state index is 10.9. The number of aliphatic hydroxyl groups excluding tert-OH is 1. The summed E-state index contributed by atoms with van der Waals surface area (Å²) in [5.41, 5.74) is 5.26. The third-order valence-electron chi connectivity index (χ3n) is 2.48. The summed E-state index contributed by atoms with van der Waals surface area (Å²) in [7, 11) is 2.27. The molecule has 1 amide bonds. The molecule has 132 valence electrons. The fourth-order valence-corrected chi connectivity index (χ4v) is 1.44. The van der Waals surface area contributed by atoms with Gasteiger partial charge < -0.3 is 31.9 Å². The molecule has 0 fully saturated rings. The molecule has 8 N–H and O–H groups in total. The molecule has 0 aromatic heterocycles. The van der Waals surface area contributed by atoms with E-state index in [4.69, 9.17) is 21.1 Å². The first-order valence-corrected chi connectivity index (χ1v) is 6.36. The molecule has 0 spiro atoms. The maximum Gasteiger partial charge on any atom is 0.341 e. The Labute approximate surface area is 139 Å². The molecule has 2 aromatic rings. The molecule has 0 unspecified atom stereocenters. The summed E-state index contributed by atoms with van der Waals surface area (Å²) in [6.07, 6.45) is 0. The van der Waals surface area contributed by atoms with Crippen molar-refractivity contribution in [2.24, 2.45) is 5.73 Å². The number of nitrogens with two attached hydrogens (primary N) is 1. The summed E-state index contributed by atoms with van der Waals surface area (Å²) in [5.74, 6) is -1.27. The quantitative estimate of drug-likeness (QED) is 0.517. The molecule has 0 saturated carbocycles. The van der Waals surface area contributed by atoms with E-state index in [0.29, 0.717) is 0 Å². The first-order chi connectivity index (χ1) is 11.0. The fraction of sp³-hybridized carbons (Fsp3) is 0.125. The SMILES string of the molecule is CO.COC(=O)c1ccccc1O.N.NC(=O)c1ccccc1O. The van der Waals surface area contributed by atoms with Crippen molar-refractivity contribution in [1.29, 1.82) is 0 Å². The van der Waals surface area contributed by atoms with Gasteiger partial charge in [-0.05, 0) is 24.3 Å². The van der Waals surface area contributed by atoms with E-state index in [9.17, 15) is 9.59 Å². The number of aliphatic hydroxyl groups is 1. The number of phenolic OH excluding ortho intramolecular Hbond substituents is 1. The molecule has 0 aliphatic heterocycles. The van der Waals surface area contributed by atoms with E-state index in [1.54, 1.807) is 24.3 Å². The summed E-state index contributed by atoms with van der Waals surface area (Å²) >= 11 is 0. The highest BCUT2D eigenvalue weighted by Gasteiger charge is 2.08. The molecule has 0 aliphatic rings. The van der Waals surface area contributed by atoms with Crippen LogP contribution < -0.4 is 11.9 Å². The highest BCUT2D eigenvalue weighted by molar-refractivity contribution is 5.95. The number of amides is 1. The number of aromatic hydroxyl groups is 2. The van der Waals surface area contributed by atoms with Crippen LogP contribution in [0.4, 0.5) is 0 Å². The first-order valence-electron chi connectivity index (χ1n) is 6.36. The van der Waals surface area contributed by atoms with Crippen LogP contribution in [-0.2, 0) is 4.74 Å². The molecule has 0 saturated heterocycles. The lowest BCUT2D eigenvalue weighted by atomic mass is 10.2. The van der Waals surface area contributed by atoms with Crippen LogP contribution >= 0.6 is 0 Å². The number of carbonyl (C=O) groups is 2. The Kier molecular flexibility index (Phi) is 12.0. The van der Waals surface area contributed by atoms with Crippen LogP contribution in [-0.4, -0.2) is 41.4 Å². The summed E-state index contributed by atoms with van der Waals surface area (Å²) < 4.78 is 4.42. The van der Waals surface area contributed by atoms with E-state index < -0.39 is 11.9 Å². The minimum atomic E-state index is -0.613. The molecule has 2 rings (SSSR count). The van der Waals surface area contributed by atoms with Crippen LogP contribution in [0.2, 0.25) is 0 Å². The zero-order chi connectivity index (χ0) is 17.8. The lowest BCUT2D eigenvalue weighted by molar-refractivity contribution is 0.0597. The average molecular weight is 338 g/mol. The van der Waals surface area contributed by atoms with E-state index in [1.165, 1.54) is 31.4 Å². The number of hydrogen-bond donors (Lipinski definition) is 5. The third-order valence-corrected chi connectivity index (χ3v) is 2.48. The van der Waals surface area contributed by atoms with Gasteiger partial charge >= 0.3 is 5.97 Å². The van der Waals surface area contributed by atoms with Crippen molar-refractivity contribution in [3.8, 4) is 11.5 Å². The Morgan fingerprint density at radius 3 is 1.54 bits per heavy atom. The predicted octanol–water partition coefficient (Wildman–Crippen LogP) is 1.44. The van der Waals surface area contributed by atoms with Crippen molar-refractivity contribution in [2.75, 3.05) is 14.2 Å². The second kappa shape index (κ2) is 12.4. The van der Waals surface area contributed by atoms with Crippen LogP contribution in [0.1, 0.15) is 20.7 Å². The Morgan fingerprint density at radius 1 is 0.875 bits per heavy atom. The normalized spacial score (nSPS) is 8.29. The van der Waals surface area contributed by atoms with Gasteiger partial charge in [-0.25, -0.2) is 4.79 Å². The molecule has 0 bridgehead atoms. The number of ether oxygens (including phenoxy) is 1.